The molecule has 0 fully saturated rings. The predicted molar refractivity (Wildman–Crippen MR) is 145 cm³/mol. The van der Waals surface area contributed by atoms with E-state index in [9.17, 15) is 0 Å². The Morgan fingerprint density at radius 1 is 0.462 bits per heavy atom. The van der Waals surface area contributed by atoms with Crippen LogP contribution in [-0.4, -0.2) is 60.2 Å². The summed E-state index contributed by atoms with van der Waals surface area (Å²) in [6, 6.07) is 0. The normalized spacial score (nSPS) is 14.8. The van der Waals surface area contributed by atoms with Crippen LogP contribution < -0.4 is 0 Å². The van der Waals surface area contributed by atoms with E-state index in [1.165, 1.54) is 37.0 Å². The number of hydrogen-bond donors (Lipinski definition) is 0. The molecule has 0 heterocycles. The van der Waals surface area contributed by atoms with Crippen LogP contribution in [0, 0.1) is 0 Å². The maximum atomic E-state index is 2.92. The molecule has 0 radical (unpaired) electrons. The first kappa shape index (κ1) is 27.9. The minimum atomic E-state index is -1.33. The van der Waals surface area contributed by atoms with Gasteiger partial charge in [-0.25, -0.2) is 0 Å². The van der Waals surface area contributed by atoms with E-state index in [2.05, 4.69) is 87.7 Å². The van der Waals surface area contributed by atoms with Gasteiger partial charge < -0.3 is 0 Å². The van der Waals surface area contributed by atoms with Crippen LogP contribution in [0.15, 0.2) is 0 Å². The lowest BCUT2D eigenvalue weighted by molar-refractivity contribution is 1.06. The SMILES string of the molecule is CCP(CC)[Si](C)(C)C(C)([Si](C)(C)P(CC)CC)[Si](C)(C)P(CC)CC. The van der Waals surface area contributed by atoms with Crippen LogP contribution in [0.3, 0.4) is 0 Å². The lowest BCUT2D eigenvalue weighted by Crippen LogP contribution is -2.66. The summed E-state index contributed by atoms with van der Waals surface area (Å²) in [5.74, 6) is 0. The Morgan fingerprint density at radius 2 is 0.615 bits per heavy atom. The zero-order valence-electron chi connectivity index (χ0n) is 20.6. The molecule has 0 aliphatic heterocycles. The predicted octanol–water partition coefficient (Wildman–Crippen LogP) is 9.01. The standard InChI is InChI=1S/C20H51P3Si3/c1-14-21(15-2)24(8,9)20(7,25(10,11)22(16-3)17-4)26(12,13)23(18-5)19-6/h14-19H2,1-13H3. The van der Waals surface area contributed by atoms with Gasteiger partial charge in [0.25, 0.3) is 0 Å². The van der Waals surface area contributed by atoms with E-state index in [0.717, 1.165) is 4.28 Å². The molecule has 0 aromatic carbocycles. The fourth-order valence-electron chi connectivity index (χ4n) is 6.24. The van der Waals surface area contributed by atoms with Crippen molar-refractivity contribution in [3.8, 4) is 0 Å². The molecular weight excluding hydrogens is 417 g/mol. The fourth-order valence-corrected chi connectivity index (χ4v) is 78.1. The quantitative estimate of drug-likeness (QED) is 0.198. The van der Waals surface area contributed by atoms with Crippen molar-refractivity contribution in [2.45, 2.75) is 92.0 Å². The molecule has 158 valence electrons. The van der Waals surface area contributed by atoms with Crippen molar-refractivity contribution in [3.05, 3.63) is 0 Å². The highest BCUT2D eigenvalue weighted by molar-refractivity contribution is 8.06. The first-order valence-corrected chi connectivity index (χ1v) is 27.7. The van der Waals surface area contributed by atoms with Gasteiger partial charge in [0.1, 0.15) is 0 Å². The third kappa shape index (κ3) is 4.64. The summed E-state index contributed by atoms with van der Waals surface area (Å²) in [6.45, 7) is 35.2. The van der Waals surface area contributed by atoms with Gasteiger partial charge in [0, 0.05) is 0 Å². The highest BCUT2D eigenvalue weighted by Crippen LogP contribution is 2.75. The van der Waals surface area contributed by atoms with Gasteiger partial charge in [-0.2, -0.15) is 0 Å². The van der Waals surface area contributed by atoms with Gasteiger partial charge in [-0.15, -0.1) is 22.4 Å². The van der Waals surface area contributed by atoms with Crippen LogP contribution in [0.5, 0.6) is 0 Å². The van der Waals surface area contributed by atoms with Crippen molar-refractivity contribution in [1.82, 2.24) is 0 Å². The van der Waals surface area contributed by atoms with Gasteiger partial charge in [0.05, 0.1) is 23.2 Å². The Balaban J connectivity index is 6.81. The summed E-state index contributed by atoms with van der Waals surface area (Å²) in [7, 11) is -3.25. The molecule has 0 atom stereocenters. The minimum absolute atomic E-state index is 0.243. The molecule has 0 unspecified atom stereocenters. The second kappa shape index (κ2) is 10.8. The smallest absolute Gasteiger partial charge is 0.0763 e. The lowest BCUT2D eigenvalue weighted by Gasteiger charge is -2.65. The van der Waals surface area contributed by atoms with Crippen molar-refractivity contribution in [2.75, 3.05) is 37.0 Å². The largest absolute Gasteiger partial charge is 0.119 e. The topological polar surface area (TPSA) is 0 Å². The lowest BCUT2D eigenvalue weighted by atomic mass is 10.9. The summed E-state index contributed by atoms with van der Waals surface area (Å²) in [6.07, 6.45) is 8.84. The maximum absolute atomic E-state index is 2.92. The molecule has 0 saturated carbocycles. The third-order valence-electron chi connectivity index (χ3n) is 8.33. The van der Waals surface area contributed by atoms with Gasteiger partial charge in [-0.3, -0.25) is 0 Å². The van der Waals surface area contributed by atoms with Crippen LogP contribution in [0.2, 0.25) is 43.6 Å². The second-order valence-corrected chi connectivity index (χ2v) is 46.0. The minimum Gasteiger partial charge on any atom is -0.119 e. The highest BCUT2D eigenvalue weighted by atomic mass is 31.4. The van der Waals surface area contributed by atoms with Gasteiger partial charge in [0.2, 0.25) is 0 Å². The van der Waals surface area contributed by atoms with Crippen LogP contribution >= 0.6 is 22.4 Å². The molecule has 0 aliphatic rings. The van der Waals surface area contributed by atoms with E-state index < -0.39 is 23.2 Å². The van der Waals surface area contributed by atoms with Crippen LogP contribution in [0.25, 0.3) is 0 Å². The zero-order valence-corrected chi connectivity index (χ0v) is 26.3. The molecule has 0 bridgehead atoms. The molecule has 26 heavy (non-hydrogen) atoms. The molecule has 0 rings (SSSR count). The Bertz CT molecular complexity index is 353. The second-order valence-electron chi connectivity index (χ2n) is 9.32. The molecule has 6 heteroatoms. The van der Waals surface area contributed by atoms with Crippen molar-refractivity contribution >= 4 is 45.6 Å². The number of rotatable bonds is 12. The van der Waals surface area contributed by atoms with Crippen molar-refractivity contribution in [2.24, 2.45) is 0 Å². The summed E-state index contributed by atoms with van der Waals surface area (Å²) in [4.78, 5) is 0. The van der Waals surface area contributed by atoms with E-state index in [-0.39, 0.29) is 22.4 Å². The van der Waals surface area contributed by atoms with E-state index >= 15 is 0 Å². The van der Waals surface area contributed by atoms with E-state index in [4.69, 9.17) is 0 Å². The van der Waals surface area contributed by atoms with Crippen LogP contribution in [-0.2, 0) is 0 Å². The summed E-state index contributed by atoms with van der Waals surface area (Å²) in [5.41, 5.74) is 0. The maximum Gasteiger partial charge on any atom is 0.0763 e. The van der Waals surface area contributed by atoms with Gasteiger partial charge in [-0.1, -0.05) is 87.7 Å². The summed E-state index contributed by atoms with van der Waals surface area (Å²) < 4.78 is 0.764. The summed E-state index contributed by atoms with van der Waals surface area (Å²) >= 11 is 0. The first-order valence-electron chi connectivity index (χ1n) is 11.1. The first-order chi connectivity index (χ1) is 11.8. The molecular formula is C20H51P3Si3. The van der Waals surface area contributed by atoms with Crippen molar-refractivity contribution < 1.29 is 0 Å². The Labute approximate surface area is 174 Å². The molecule has 0 N–H and O–H groups in total. The van der Waals surface area contributed by atoms with Crippen molar-refractivity contribution in [1.29, 1.82) is 0 Å². The summed E-state index contributed by atoms with van der Waals surface area (Å²) in [5, 5.41) is 0. The van der Waals surface area contributed by atoms with Crippen LogP contribution in [0.1, 0.15) is 48.5 Å². The van der Waals surface area contributed by atoms with Gasteiger partial charge >= 0.3 is 0 Å². The monoisotopic (exact) mass is 468 g/mol. The molecule has 0 amide bonds. The molecule has 0 aromatic heterocycles. The molecule has 0 aromatic rings. The highest BCUT2D eigenvalue weighted by Gasteiger charge is 2.65. The molecule has 0 saturated heterocycles. The average molecular weight is 469 g/mol. The van der Waals surface area contributed by atoms with Gasteiger partial charge in [0.15, 0.2) is 0 Å². The third-order valence-corrected chi connectivity index (χ3v) is 64.0. The fraction of sp³-hybridized carbons (Fsp3) is 1.00. The Hall–Kier alpha value is 1.94. The van der Waals surface area contributed by atoms with E-state index in [1.54, 1.807) is 0 Å². The zero-order chi connectivity index (χ0) is 21.0. The van der Waals surface area contributed by atoms with Crippen LogP contribution in [0.4, 0.5) is 0 Å². The van der Waals surface area contributed by atoms with E-state index in [1.807, 2.05) is 0 Å². The average Bonchev–Trinajstić information content (AvgIpc) is 2.56. The molecule has 0 spiro atoms. The van der Waals surface area contributed by atoms with Crippen molar-refractivity contribution in [3.63, 3.8) is 0 Å². The molecule has 0 aliphatic carbocycles. The Kier molecular flexibility index (Phi) is 11.6. The number of hydrogen-bond acceptors (Lipinski definition) is 0. The van der Waals surface area contributed by atoms with Gasteiger partial charge in [-0.05, 0) is 41.3 Å². The Morgan fingerprint density at radius 3 is 0.731 bits per heavy atom. The molecule has 0 nitrogen and oxygen atoms in total. The van der Waals surface area contributed by atoms with E-state index in [0.29, 0.717) is 0 Å².